The maximum atomic E-state index is 12.3. The van der Waals surface area contributed by atoms with Gasteiger partial charge < -0.3 is 0 Å². The van der Waals surface area contributed by atoms with Gasteiger partial charge >= 0.3 is 0 Å². The first kappa shape index (κ1) is 12.2. The maximum absolute atomic E-state index is 12.3. The minimum atomic E-state index is -3.46. The largest absolute Gasteiger partial charge is 0.269 e. The van der Waals surface area contributed by atoms with E-state index in [1.807, 2.05) is 0 Å². The number of fused-ring (bicyclic) bond motifs is 1. The Hall–Kier alpha value is -0.840. The first-order chi connectivity index (χ1) is 8.26. The average molecular weight is 269 g/mol. The van der Waals surface area contributed by atoms with Crippen molar-refractivity contribution in [3.8, 4) is 0 Å². The minimum absolute atomic E-state index is 0.0148. The molecule has 4 nitrogen and oxygen atoms in total. The summed E-state index contributed by atoms with van der Waals surface area (Å²) in [6.07, 6.45) is 3.96. The molecule has 2 bridgehead atoms. The van der Waals surface area contributed by atoms with Crippen molar-refractivity contribution < 1.29 is 13.2 Å². The summed E-state index contributed by atoms with van der Waals surface area (Å²) >= 11 is 0. The molecule has 3 aliphatic rings. The molecule has 0 radical (unpaired) electrons. The van der Waals surface area contributed by atoms with Gasteiger partial charge in [0.05, 0.1) is 11.8 Å². The van der Waals surface area contributed by atoms with Crippen LogP contribution in [-0.4, -0.2) is 30.4 Å². The number of amides is 1. The normalized spacial score (nSPS) is 42.9. The first-order valence-corrected chi connectivity index (χ1v) is 8.06. The minimum Gasteiger partial charge on any atom is -0.269 e. The van der Waals surface area contributed by atoms with Crippen molar-refractivity contribution in [2.75, 3.05) is 5.75 Å². The van der Waals surface area contributed by atoms with Crippen molar-refractivity contribution in [3.63, 3.8) is 0 Å². The molecule has 18 heavy (non-hydrogen) atoms. The van der Waals surface area contributed by atoms with Crippen LogP contribution in [0.2, 0.25) is 0 Å². The molecule has 1 spiro atoms. The maximum Gasteiger partial charge on any atom is 0.259 e. The number of rotatable bonds is 1. The smallest absolute Gasteiger partial charge is 0.259 e. The van der Waals surface area contributed by atoms with Gasteiger partial charge in [0.25, 0.3) is 5.91 Å². The van der Waals surface area contributed by atoms with E-state index < -0.39 is 15.9 Å². The highest BCUT2D eigenvalue weighted by atomic mass is 32.2. The Morgan fingerprint density at radius 2 is 2.11 bits per heavy atom. The molecule has 1 saturated heterocycles. The van der Waals surface area contributed by atoms with Crippen LogP contribution in [0, 0.1) is 16.7 Å². The third kappa shape index (κ3) is 1.12. The Morgan fingerprint density at radius 1 is 1.44 bits per heavy atom. The van der Waals surface area contributed by atoms with Gasteiger partial charge in [-0.2, -0.15) is 0 Å². The molecule has 3 fully saturated rings. The standard InChI is InChI=1S/C13H19NO3S/c1-4-11(15)14-10-7-9-5-6-13(10,12(9,2)3)8-18(14,16)17/h4,9-10H,1,5-8H2,2-3H3. The molecule has 2 saturated carbocycles. The topological polar surface area (TPSA) is 54.5 Å². The predicted molar refractivity (Wildman–Crippen MR) is 68.2 cm³/mol. The van der Waals surface area contributed by atoms with E-state index in [4.69, 9.17) is 0 Å². The summed E-state index contributed by atoms with van der Waals surface area (Å²) in [5.74, 6) is 0.214. The Labute approximate surface area is 108 Å². The molecule has 100 valence electrons. The van der Waals surface area contributed by atoms with Crippen molar-refractivity contribution in [1.82, 2.24) is 4.31 Å². The zero-order valence-corrected chi connectivity index (χ0v) is 11.7. The van der Waals surface area contributed by atoms with Gasteiger partial charge in [-0.1, -0.05) is 20.4 Å². The molecule has 0 N–H and O–H groups in total. The SMILES string of the molecule is C=CC(=O)N1C2CC3CCC2(CS1(=O)=O)C3(C)C. The number of carbonyl (C=O) groups is 1. The highest BCUT2D eigenvalue weighted by Crippen LogP contribution is 2.69. The van der Waals surface area contributed by atoms with Crippen LogP contribution in [0.15, 0.2) is 12.7 Å². The van der Waals surface area contributed by atoms with Gasteiger partial charge in [0, 0.05) is 5.41 Å². The van der Waals surface area contributed by atoms with E-state index in [0.29, 0.717) is 5.92 Å². The van der Waals surface area contributed by atoms with Crippen LogP contribution in [0.4, 0.5) is 0 Å². The lowest BCUT2D eigenvalue weighted by atomic mass is 9.69. The molecular formula is C13H19NO3S. The van der Waals surface area contributed by atoms with Gasteiger partial charge in [0.2, 0.25) is 10.0 Å². The lowest BCUT2D eigenvalue weighted by Crippen LogP contribution is -2.43. The van der Waals surface area contributed by atoms with E-state index in [1.54, 1.807) is 0 Å². The molecule has 3 rings (SSSR count). The number of nitrogens with zero attached hydrogens (tertiary/aromatic N) is 1. The summed E-state index contributed by atoms with van der Waals surface area (Å²) in [5.41, 5.74) is -0.212. The van der Waals surface area contributed by atoms with Crippen molar-refractivity contribution in [1.29, 1.82) is 0 Å². The van der Waals surface area contributed by atoms with Crippen molar-refractivity contribution in [3.05, 3.63) is 12.7 Å². The van der Waals surface area contributed by atoms with Gasteiger partial charge in [-0.3, -0.25) is 4.79 Å². The summed E-state index contributed by atoms with van der Waals surface area (Å²) < 4.78 is 25.7. The van der Waals surface area contributed by atoms with Crippen LogP contribution < -0.4 is 0 Å². The lowest BCUT2D eigenvalue weighted by molar-refractivity contribution is -0.124. The highest BCUT2D eigenvalue weighted by molar-refractivity contribution is 7.90. The molecule has 1 aliphatic heterocycles. The first-order valence-electron chi connectivity index (χ1n) is 6.45. The molecule has 5 heteroatoms. The number of sulfonamides is 1. The van der Waals surface area contributed by atoms with Crippen LogP contribution in [-0.2, 0) is 14.8 Å². The summed E-state index contributed by atoms with van der Waals surface area (Å²) in [6.45, 7) is 7.76. The van der Waals surface area contributed by atoms with Crippen LogP contribution >= 0.6 is 0 Å². The summed E-state index contributed by atoms with van der Waals surface area (Å²) in [5, 5.41) is 0. The van der Waals surface area contributed by atoms with Crippen LogP contribution in [0.5, 0.6) is 0 Å². The molecule has 0 aromatic heterocycles. The number of carbonyl (C=O) groups excluding carboxylic acids is 1. The van der Waals surface area contributed by atoms with Crippen LogP contribution in [0.25, 0.3) is 0 Å². The van der Waals surface area contributed by atoms with E-state index >= 15 is 0 Å². The molecule has 1 heterocycles. The fourth-order valence-electron chi connectivity index (χ4n) is 4.67. The highest BCUT2D eigenvalue weighted by Gasteiger charge is 2.72. The van der Waals surface area contributed by atoms with E-state index in [9.17, 15) is 13.2 Å². The Kier molecular flexibility index (Phi) is 2.16. The molecule has 0 aromatic rings. The molecule has 3 unspecified atom stereocenters. The van der Waals surface area contributed by atoms with E-state index in [1.165, 1.54) is 0 Å². The summed E-state index contributed by atoms with van der Waals surface area (Å²) in [6, 6.07) is -0.137. The van der Waals surface area contributed by atoms with Gasteiger partial charge in [-0.15, -0.1) is 0 Å². The summed E-state index contributed by atoms with van der Waals surface area (Å²) in [7, 11) is -3.46. The van der Waals surface area contributed by atoms with Gasteiger partial charge in [-0.05, 0) is 36.7 Å². The fraction of sp³-hybridized carbons (Fsp3) is 0.769. The second kappa shape index (κ2) is 3.18. The Morgan fingerprint density at radius 3 is 2.67 bits per heavy atom. The monoisotopic (exact) mass is 269 g/mol. The van der Waals surface area contributed by atoms with Gasteiger partial charge in [0.1, 0.15) is 0 Å². The molecule has 0 aromatic carbocycles. The predicted octanol–water partition coefficient (Wildman–Crippen LogP) is 1.54. The van der Waals surface area contributed by atoms with Gasteiger partial charge in [-0.25, -0.2) is 12.7 Å². The van der Waals surface area contributed by atoms with Gasteiger partial charge in [0.15, 0.2) is 0 Å². The zero-order chi connectivity index (χ0) is 13.3. The zero-order valence-electron chi connectivity index (χ0n) is 10.8. The fourth-order valence-corrected chi connectivity index (χ4v) is 7.19. The third-order valence-electron chi connectivity index (χ3n) is 5.80. The number of hydrogen-bond donors (Lipinski definition) is 0. The quantitative estimate of drug-likeness (QED) is 0.678. The Bertz CT molecular complexity index is 536. The van der Waals surface area contributed by atoms with E-state index in [0.717, 1.165) is 29.6 Å². The van der Waals surface area contributed by atoms with Crippen LogP contribution in [0.3, 0.4) is 0 Å². The van der Waals surface area contributed by atoms with Crippen molar-refractivity contribution >= 4 is 15.9 Å². The molecule has 2 aliphatic carbocycles. The third-order valence-corrected chi connectivity index (χ3v) is 7.72. The molecule has 1 amide bonds. The number of hydrogen-bond acceptors (Lipinski definition) is 3. The van der Waals surface area contributed by atoms with Crippen molar-refractivity contribution in [2.45, 2.75) is 39.2 Å². The van der Waals surface area contributed by atoms with E-state index in [-0.39, 0.29) is 22.6 Å². The Balaban J connectivity index is 2.14. The summed E-state index contributed by atoms with van der Waals surface area (Å²) in [4.78, 5) is 11.9. The van der Waals surface area contributed by atoms with E-state index in [2.05, 4.69) is 20.4 Å². The average Bonchev–Trinajstić information content (AvgIpc) is 2.74. The second-order valence-corrected chi connectivity index (χ2v) is 8.31. The second-order valence-electron chi connectivity index (χ2n) is 6.46. The molecular weight excluding hydrogens is 250 g/mol. The lowest BCUT2D eigenvalue weighted by Gasteiger charge is -2.36. The molecule has 3 atom stereocenters. The van der Waals surface area contributed by atoms with Crippen LogP contribution in [0.1, 0.15) is 33.1 Å². The van der Waals surface area contributed by atoms with Crippen molar-refractivity contribution in [2.24, 2.45) is 16.7 Å².